The van der Waals surface area contributed by atoms with Gasteiger partial charge in [-0.1, -0.05) is 25.1 Å². The molecular weight excluding hydrogens is 338 g/mol. The first kappa shape index (κ1) is 17.9. The van der Waals surface area contributed by atoms with Gasteiger partial charge in [-0.3, -0.25) is 4.79 Å². The number of ether oxygens (including phenoxy) is 1. The summed E-state index contributed by atoms with van der Waals surface area (Å²) in [5.41, 5.74) is 1.48. The van der Waals surface area contributed by atoms with Crippen molar-refractivity contribution in [1.82, 2.24) is 15.5 Å². The van der Waals surface area contributed by atoms with Gasteiger partial charge in [0.1, 0.15) is 5.75 Å². The van der Waals surface area contributed by atoms with Crippen LogP contribution in [0, 0.1) is 0 Å². The fourth-order valence-electron chi connectivity index (χ4n) is 2.73. The molecule has 0 aliphatic carbocycles. The van der Waals surface area contributed by atoms with Crippen LogP contribution in [-0.4, -0.2) is 33.7 Å². The summed E-state index contributed by atoms with van der Waals surface area (Å²) in [7, 11) is 0. The maximum absolute atomic E-state index is 12.2. The molecule has 0 spiro atoms. The van der Waals surface area contributed by atoms with Crippen LogP contribution in [0.4, 0.5) is 0 Å². The van der Waals surface area contributed by atoms with Crippen LogP contribution in [-0.2, 0) is 22.4 Å². The molecule has 8 nitrogen and oxygen atoms in total. The Morgan fingerprint density at radius 3 is 2.85 bits per heavy atom. The predicted octanol–water partition coefficient (Wildman–Crippen LogP) is 2.00. The lowest BCUT2D eigenvalue weighted by atomic mass is 10.0. The van der Waals surface area contributed by atoms with Crippen molar-refractivity contribution in [2.75, 3.05) is 6.61 Å². The Morgan fingerprint density at radius 1 is 1.35 bits per heavy atom. The van der Waals surface area contributed by atoms with Crippen molar-refractivity contribution in [3.05, 3.63) is 41.0 Å². The van der Waals surface area contributed by atoms with E-state index in [1.807, 2.05) is 13.8 Å². The highest BCUT2D eigenvalue weighted by Gasteiger charge is 2.24. The molecule has 1 aliphatic rings. The van der Waals surface area contributed by atoms with E-state index in [4.69, 9.17) is 9.26 Å². The number of nitrogens with zero attached hydrogens (tertiary/aromatic N) is 2. The van der Waals surface area contributed by atoms with Gasteiger partial charge in [-0.05, 0) is 23.3 Å². The van der Waals surface area contributed by atoms with E-state index in [1.165, 1.54) is 0 Å². The molecule has 1 aromatic heterocycles. The van der Waals surface area contributed by atoms with Gasteiger partial charge in [-0.2, -0.15) is 4.98 Å². The van der Waals surface area contributed by atoms with Crippen molar-refractivity contribution in [2.24, 2.45) is 0 Å². The summed E-state index contributed by atoms with van der Waals surface area (Å²) in [6.07, 6.45) is 1.06. The third-order valence-electron chi connectivity index (χ3n) is 4.17. The molecule has 1 atom stereocenters. The number of fused-ring (bicyclic) bond motifs is 1. The molecule has 0 fully saturated rings. The molecule has 0 radical (unpaired) electrons. The Labute approximate surface area is 150 Å². The molecule has 2 aromatic rings. The third-order valence-corrected chi connectivity index (χ3v) is 4.17. The predicted molar refractivity (Wildman–Crippen MR) is 90.9 cm³/mol. The van der Waals surface area contributed by atoms with E-state index in [0.29, 0.717) is 23.9 Å². The number of carboxylic acid groups (broad SMARTS) is 1. The van der Waals surface area contributed by atoms with Gasteiger partial charge >= 0.3 is 5.97 Å². The van der Waals surface area contributed by atoms with E-state index in [0.717, 1.165) is 17.7 Å². The van der Waals surface area contributed by atoms with Gasteiger partial charge < -0.3 is 19.7 Å². The molecule has 0 bridgehead atoms. The normalized spacial score (nSPS) is 14.0. The molecule has 1 aliphatic heterocycles. The summed E-state index contributed by atoms with van der Waals surface area (Å²) in [5, 5.41) is 15.9. The van der Waals surface area contributed by atoms with Crippen LogP contribution in [0.3, 0.4) is 0 Å². The van der Waals surface area contributed by atoms with Crippen molar-refractivity contribution in [1.29, 1.82) is 0 Å². The van der Waals surface area contributed by atoms with Crippen molar-refractivity contribution in [3.63, 3.8) is 0 Å². The average molecular weight is 359 g/mol. The minimum Gasteiger partial charge on any atom is -0.493 e. The van der Waals surface area contributed by atoms with Crippen LogP contribution < -0.4 is 10.1 Å². The molecule has 1 amide bonds. The molecule has 0 saturated carbocycles. The molecule has 3 rings (SSSR count). The number of nitrogens with one attached hydrogen (secondary N) is 1. The van der Waals surface area contributed by atoms with E-state index in [-0.39, 0.29) is 18.8 Å². The summed E-state index contributed by atoms with van der Waals surface area (Å²) < 4.78 is 10.5. The maximum atomic E-state index is 12.2. The number of aryl methyl sites for hydroxylation is 1. The molecule has 1 aromatic carbocycles. The van der Waals surface area contributed by atoms with Crippen LogP contribution in [0.2, 0.25) is 0 Å². The Balaban J connectivity index is 1.62. The van der Waals surface area contributed by atoms with Gasteiger partial charge in [0.2, 0.25) is 11.8 Å². The fourth-order valence-corrected chi connectivity index (χ4v) is 2.73. The van der Waals surface area contributed by atoms with E-state index in [2.05, 4.69) is 15.5 Å². The van der Waals surface area contributed by atoms with Crippen molar-refractivity contribution in [3.8, 4) is 5.75 Å². The second-order valence-electron chi connectivity index (χ2n) is 6.51. The lowest BCUT2D eigenvalue weighted by molar-refractivity contribution is -0.142. The lowest BCUT2D eigenvalue weighted by Gasteiger charge is -2.15. The Morgan fingerprint density at radius 2 is 2.15 bits per heavy atom. The minimum absolute atomic E-state index is 0.0670. The number of amides is 1. The van der Waals surface area contributed by atoms with Gasteiger partial charge in [0.15, 0.2) is 11.9 Å². The first-order valence-corrected chi connectivity index (χ1v) is 8.54. The van der Waals surface area contributed by atoms with Gasteiger partial charge in [0.25, 0.3) is 0 Å². The van der Waals surface area contributed by atoms with Gasteiger partial charge in [-0.25, -0.2) is 4.79 Å². The Bertz CT molecular complexity index is 815. The second kappa shape index (κ2) is 7.55. The third kappa shape index (κ3) is 4.01. The highest BCUT2D eigenvalue weighted by Crippen LogP contribution is 2.28. The molecule has 1 unspecified atom stereocenters. The van der Waals surface area contributed by atoms with Gasteiger partial charge in [-0.15, -0.1) is 0 Å². The standard InChI is InChI=1S/C18H21N3O5/c1-10(2)17-20-15(26-21-17)6-5-14(22)19-16(18(23)24)12-3-4-13-11(9-12)7-8-25-13/h3-4,9-10,16H,5-8H2,1-2H3,(H,19,22)(H,23,24). The number of benzene rings is 1. The van der Waals surface area contributed by atoms with Crippen molar-refractivity contribution >= 4 is 11.9 Å². The smallest absolute Gasteiger partial charge is 0.330 e. The maximum Gasteiger partial charge on any atom is 0.330 e. The zero-order valence-electron chi connectivity index (χ0n) is 14.7. The number of aromatic nitrogens is 2. The molecule has 2 N–H and O–H groups in total. The number of rotatable bonds is 7. The lowest BCUT2D eigenvalue weighted by Crippen LogP contribution is -2.33. The first-order chi connectivity index (χ1) is 12.4. The highest BCUT2D eigenvalue weighted by molar-refractivity contribution is 5.84. The first-order valence-electron chi connectivity index (χ1n) is 8.54. The summed E-state index contributed by atoms with van der Waals surface area (Å²) in [6.45, 7) is 4.48. The number of aliphatic carboxylic acids is 1. The summed E-state index contributed by atoms with van der Waals surface area (Å²) in [5.74, 6) is 0.355. The van der Waals surface area contributed by atoms with E-state index >= 15 is 0 Å². The van der Waals surface area contributed by atoms with Crippen molar-refractivity contribution < 1.29 is 24.0 Å². The SMILES string of the molecule is CC(C)c1noc(CCC(=O)NC(C(=O)O)c2ccc3c(c2)CCO3)n1. The summed E-state index contributed by atoms with van der Waals surface area (Å²) in [4.78, 5) is 28.0. The minimum atomic E-state index is -1.11. The molecule has 0 saturated heterocycles. The molecule has 26 heavy (non-hydrogen) atoms. The van der Waals surface area contributed by atoms with Gasteiger partial charge in [0.05, 0.1) is 6.61 Å². The average Bonchev–Trinajstić information content (AvgIpc) is 3.25. The summed E-state index contributed by atoms with van der Waals surface area (Å²) >= 11 is 0. The molecular formula is C18H21N3O5. The van der Waals surface area contributed by atoms with Crippen molar-refractivity contribution in [2.45, 2.75) is 45.1 Å². The van der Waals surface area contributed by atoms with E-state index < -0.39 is 17.9 Å². The van der Waals surface area contributed by atoms with E-state index in [1.54, 1.807) is 18.2 Å². The largest absolute Gasteiger partial charge is 0.493 e. The van der Waals surface area contributed by atoms with Crippen LogP contribution >= 0.6 is 0 Å². The number of carbonyl (C=O) groups is 2. The molecule has 2 heterocycles. The Kier molecular flexibility index (Phi) is 5.20. The van der Waals surface area contributed by atoms with E-state index in [9.17, 15) is 14.7 Å². The zero-order valence-corrected chi connectivity index (χ0v) is 14.7. The highest BCUT2D eigenvalue weighted by atomic mass is 16.5. The zero-order chi connectivity index (χ0) is 18.7. The van der Waals surface area contributed by atoms with Gasteiger partial charge in [0, 0.05) is 25.2 Å². The number of hydrogen-bond acceptors (Lipinski definition) is 6. The summed E-state index contributed by atoms with van der Waals surface area (Å²) in [6, 6.07) is 4.07. The number of carboxylic acids is 1. The molecule has 8 heteroatoms. The number of carbonyl (C=O) groups excluding carboxylic acids is 1. The quantitative estimate of drug-likeness (QED) is 0.777. The fraction of sp³-hybridized carbons (Fsp3) is 0.444. The van der Waals surface area contributed by atoms with Crippen LogP contribution in [0.5, 0.6) is 5.75 Å². The monoisotopic (exact) mass is 359 g/mol. The topological polar surface area (TPSA) is 115 Å². The second-order valence-corrected chi connectivity index (χ2v) is 6.51. The van der Waals surface area contributed by atoms with Crippen LogP contribution in [0.1, 0.15) is 55.1 Å². The van der Waals surface area contributed by atoms with Crippen LogP contribution in [0.25, 0.3) is 0 Å². The Hall–Kier alpha value is -2.90. The number of hydrogen-bond donors (Lipinski definition) is 2. The molecule has 138 valence electrons. The van der Waals surface area contributed by atoms with Crippen LogP contribution in [0.15, 0.2) is 22.7 Å².